The molecule has 3 rings (SSSR count). The third-order valence-electron chi connectivity index (χ3n) is 3.37. The lowest BCUT2D eigenvalue weighted by Gasteiger charge is -2.18. The van der Waals surface area contributed by atoms with Gasteiger partial charge >= 0.3 is 0 Å². The Morgan fingerprint density at radius 3 is 2.80 bits per heavy atom. The van der Waals surface area contributed by atoms with E-state index in [-0.39, 0.29) is 11.9 Å². The van der Waals surface area contributed by atoms with Gasteiger partial charge in [-0.15, -0.1) is 0 Å². The van der Waals surface area contributed by atoms with Gasteiger partial charge in [-0.05, 0) is 49.2 Å². The Hall–Kier alpha value is -1.94. The summed E-state index contributed by atoms with van der Waals surface area (Å²) >= 11 is 0. The van der Waals surface area contributed by atoms with E-state index >= 15 is 0 Å². The molecule has 0 radical (unpaired) electrons. The molecule has 1 unspecified atom stereocenters. The number of ether oxygens (including phenoxy) is 1. The molecule has 2 aromatic rings. The van der Waals surface area contributed by atoms with E-state index in [4.69, 9.17) is 4.74 Å². The number of hydrogen-bond acceptors (Lipinski definition) is 3. The Morgan fingerprint density at radius 1 is 1.25 bits per heavy atom. The van der Waals surface area contributed by atoms with Gasteiger partial charge in [0.25, 0.3) is 0 Å². The summed E-state index contributed by atoms with van der Waals surface area (Å²) in [7, 11) is 1.85. The van der Waals surface area contributed by atoms with E-state index in [2.05, 4.69) is 10.3 Å². The van der Waals surface area contributed by atoms with Crippen LogP contribution in [0.15, 0.2) is 42.7 Å². The monoisotopic (exact) mass is 272 g/mol. The molecule has 0 aliphatic heterocycles. The van der Waals surface area contributed by atoms with Crippen LogP contribution in [0.25, 0.3) is 0 Å². The van der Waals surface area contributed by atoms with Gasteiger partial charge in [0.15, 0.2) is 0 Å². The summed E-state index contributed by atoms with van der Waals surface area (Å²) in [5.41, 5.74) is 1.84. The maximum absolute atomic E-state index is 13.3. The van der Waals surface area contributed by atoms with Crippen LogP contribution in [0.1, 0.15) is 30.0 Å². The highest BCUT2D eigenvalue weighted by Gasteiger charge is 2.23. The molecule has 1 aromatic heterocycles. The molecule has 1 atom stereocenters. The summed E-state index contributed by atoms with van der Waals surface area (Å²) in [5, 5.41) is 3.20. The lowest BCUT2D eigenvalue weighted by molar-refractivity contribution is 0.302. The fourth-order valence-electron chi connectivity index (χ4n) is 2.26. The zero-order valence-electron chi connectivity index (χ0n) is 11.3. The fraction of sp³-hybridized carbons (Fsp3) is 0.312. The molecule has 0 saturated heterocycles. The highest BCUT2D eigenvalue weighted by Crippen LogP contribution is 2.29. The van der Waals surface area contributed by atoms with E-state index in [9.17, 15) is 4.39 Å². The van der Waals surface area contributed by atoms with Crippen LogP contribution in [-0.4, -0.2) is 18.1 Å². The van der Waals surface area contributed by atoms with Gasteiger partial charge in [0, 0.05) is 6.20 Å². The molecule has 0 bridgehead atoms. The number of pyridine rings is 1. The van der Waals surface area contributed by atoms with Crippen molar-refractivity contribution >= 4 is 0 Å². The average Bonchev–Trinajstić information content (AvgIpc) is 3.24. The van der Waals surface area contributed by atoms with Gasteiger partial charge in [0.2, 0.25) is 0 Å². The molecule has 1 aromatic carbocycles. The van der Waals surface area contributed by atoms with Crippen molar-refractivity contribution < 1.29 is 9.13 Å². The van der Waals surface area contributed by atoms with Crippen molar-refractivity contribution in [3.63, 3.8) is 0 Å². The normalized spacial score (nSPS) is 15.9. The molecule has 3 nitrogen and oxygen atoms in total. The van der Waals surface area contributed by atoms with Crippen molar-refractivity contribution in [2.75, 3.05) is 7.05 Å². The Morgan fingerprint density at radius 2 is 2.10 bits per heavy atom. The van der Waals surface area contributed by atoms with Crippen molar-refractivity contribution in [1.82, 2.24) is 10.3 Å². The highest BCUT2D eigenvalue weighted by atomic mass is 19.1. The van der Waals surface area contributed by atoms with Crippen LogP contribution in [0.3, 0.4) is 0 Å². The van der Waals surface area contributed by atoms with Gasteiger partial charge < -0.3 is 10.1 Å². The number of nitrogens with one attached hydrogen (secondary N) is 1. The first kappa shape index (κ1) is 13.1. The first-order valence-corrected chi connectivity index (χ1v) is 6.80. The number of hydrogen-bond donors (Lipinski definition) is 1. The molecule has 104 valence electrons. The zero-order valence-corrected chi connectivity index (χ0v) is 11.3. The third kappa shape index (κ3) is 2.96. The quantitative estimate of drug-likeness (QED) is 0.908. The summed E-state index contributed by atoms with van der Waals surface area (Å²) in [6.07, 6.45) is 5.52. The number of rotatable bonds is 5. The molecule has 0 amide bonds. The minimum atomic E-state index is -0.326. The first-order valence-electron chi connectivity index (χ1n) is 6.80. The lowest BCUT2D eigenvalue weighted by Crippen LogP contribution is -2.18. The minimum absolute atomic E-state index is 0.0963. The molecular formula is C16H17FN2O. The second-order valence-electron chi connectivity index (χ2n) is 5.05. The second kappa shape index (κ2) is 5.59. The topological polar surface area (TPSA) is 34.2 Å². The Bertz CT molecular complexity index is 599. The van der Waals surface area contributed by atoms with Crippen LogP contribution in [0.2, 0.25) is 0 Å². The minimum Gasteiger partial charge on any atom is -0.490 e. The van der Waals surface area contributed by atoms with Gasteiger partial charge in [-0.1, -0.05) is 12.1 Å². The zero-order chi connectivity index (χ0) is 13.9. The first-order chi connectivity index (χ1) is 9.76. The van der Waals surface area contributed by atoms with E-state index in [1.54, 1.807) is 6.20 Å². The number of aromatic nitrogens is 1. The second-order valence-corrected chi connectivity index (χ2v) is 5.05. The van der Waals surface area contributed by atoms with Crippen LogP contribution in [0.4, 0.5) is 4.39 Å². The molecule has 20 heavy (non-hydrogen) atoms. The standard InChI is InChI=1S/C16H17FN2O/c1-18-16(12-7-13(17)10-19-9-12)11-3-2-4-15(8-11)20-14-5-6-14/h2-4,7-10,14,16,18H,5-6H2,1H3. The van der Waals surface area contributed by atoms with Gasteiger partial charge in [0.1, 0.15) is 11.6 Å². The van der Waals surface area contributed by atoms with E-state index in [1.807, 2.05) is 31.3 Å². The Balaban J connectivity index is 1.88. The largest absolute Gasteiger partial charge is 0.490 e. The molecule has 1 N–H and O–H groups in total. The van der Waals surface area contributed by atoms with Crippen LogP contribution < -0.4 is 10.1 Å². The van der Waals surface area contributed by atoms with Crippen molar-refractivity contribution in [1.29, 1.82) is 0 Å². The summed E-state index contributed by atoms with van der Waals surface area (Å²) in [6.45, 7) is 0. The summed E-state index contributed by atoms with van der Waals surface area (Å²) in [4.78, 5) is 3.91. The smallest absolute Gasteiger partial charge is 0.141 e. The number of benzene rings is 1. The molecule has 1 fully saturated rings. The maximum atomic E-state index is 13.3. The van der Waals surface area contributed by atoms with Crippen LogP contribution in [0.5, 0.6) is 5.75 Å². The van der Waals surface area contributed by atoms with Crippen LogP contribution in [-0.2, 0) is 0 Å². The average molecular weight is 272 g/mol. The molecule has 1 heterocycles. The third-order valence-corrected chi connectivity index (χ3v) is 3.37. The van der Waals surface area contributed by atoms with Crippen LogP contribution in [0, 0.1) is 5.82 Å². The van der Waals surface area contributed by atoms with Crippen molar-refractivity contribution in [3.8, 4) is 5.75 Å². The molecular weight excluding hydrogens is 255 g/mol. The van der Waals surface area contributed by atoms with Gasteiger partial charge in [-0.3, -0.25) is 4.98 Å². The lowest BCUT2D eigenvalue weighted by atomic mass is 10.00. The molecule has 0 spiro atoms. The van der Waals surface area contributed by atoms with E-state index in [0.29, 0.717) is 6.10 Å². The molecule has 4 heteroatoms. The maximum Gasteiger partial charge on any atom is 0.141 e. The van der Waals surface area contributed by atoms with E-state index < -0.39 is 0 Å². The highest BCUT2D eigenvalue weighted by molar-refractivity contribution is 5.36. The van der Waals surface area contributed by atoms with Crippen molar-refractivity contribution in [2.24, 2.45) is 0 Å². The predicted octanol–water partition coefficient (Wildman–Crippen LogP) is 3.07. The summed E-state index contributed by atoms with van der Waals surface area (Å²) in [6, 6.07) is 9.34. The predicted molar refractivity (Wildman–Crippen MR) is 75.2 cm³/mol. The SMILES string of the molecule is CNC(c1cncc(F)c1)c1cccc(OC2CC2)c1. The fourth-order valence-corrected chi connectivity index (χ4v) is 2.26. The van der Waals surface area contributed by atoms with Gasteiger partial charge in [-0.25, -0.2) is 4.39 Å². The Labute approximate surface area is 117 Å². The summed E-state index contributed by atoms with van der Waals surface area (Å²) < 4.78 is 19.1. The Kier molecular flexibility index (Phi) is 3.65. The van der Waals surface area contributed by atoms with Gasteiger partial charge in [-0.2, -0.15) is 0 Å². The van der Waals surface area contributed by atoms with Gasteiger partial charge in [0.05, 0.1) is 18.3 Å². The van der Waals surface area contributed by atoms with E-state index in [1.165, 1.54) is 12.3 Å². The van der Waals surface area contributed by atoms with Crippen molar-refractivity contribution in [3.05, 3.63) is 59.7 Å². The number of nitrogens with zero attached hydrogens (tertiary/aromatic N) is 1. The number of halogens is 1. The molecule has 1 saturated carbocycles. The molecule has 1 aliphatic rings. The van der Waals surface area contributed by atoms with E-state index in [0.717, 1.165) is 29.7 Å². The van der Waals surface area contributed by atoms with Crippen LogP contribution >= 0.6 is 0 Å². The summed E-state index contributed by atoms with van der Waals surface area (Å²) in [5.74, 6) is 0.544. The molecule has 1 aliphatic carbocycles. The van der Waals surface area contributed by atoms with Crippen molar-refractivity contribution in [2.45, 2.75) is 25.0 Å².